The predicted octanol–water partition coefficient (Wildman–Crippen LogP) is 20.3. The number of benzene rings is 11. The third-order valence-corrected chi connectivity index (χ3v) is 17.4. The summed E-state index contributed by atoms with van der Waals surface area (Å²) in [6.07, 6.45) is 6.54. The molecule has 11 aromatic carbocycles. The van der Waals surface area contributed by atoms with E-state index in [1.807, 2.05) is 0 Å². The van der Waals surface area contributed by atoms with Crippen LogP contribution < -0.4 is 4.90 Å². The van der Waals surface area contributed by atoms with Crippen LogP contribution in [0.4, 0.5) is 17.1 Å². The van der Waals surface area contributed by atoms with E-state index in [0.29, 0.717) is 11.8 Å². The second kappa shape index (κ2) is 17.6. The highest BCUT2D eigenvalue weighted by molar-refractivity contribution is 6.12. The minimum Gasteiger partial charge on any atom is -0.309 e. The van der Waals surface area contributed by atoms with Gasteiger partial charge in [0.05, 0.1) is 11.4 Å². The molecule has 11 aromatic rings. The first-order valence-corrected chi connectivity index (χ1v) is 26.9. The van der Waals surface area contributed by atoms with Crippen LogP contribution in [-0.2, 0) is 0 Å². The Balaban J connectivity index is 1.01. The first kappa shape index (κ1) is 43.1. The van der Waals surface area contributed by atoms with Gasteiger partial charge >= 0.3 is 0 Å². The second-order valence-electron chi connectivity index (χ2n) is 21.5. The Kier molecular flexibility index (Phi) is 10.3. The van der Waals surface area contributed by atoms with Crippen molar-refractivity contribution in [1.29, 1.82) is 0 Å². The molecule has 0 radical (unpaired) electrons. The van der Waals surface area contributed by atoms with Gasteiger partial charge in [0.15, 0.2) is 0 Å². The van der Waals surface area contributed by atoms with Gasteiger partial charge in [-0.05, 0) is 186 Å². The average Bonchev–Trinajstić information content (AvgIpc) is 3.53. The number of anilines is 3. The van der Waals surface area contributed by atoms with E-state index in [2.05, 4.69) is 254 Å². The molecule has 0 aliphatic heterocycles. The van der Waals surface area contributed by atoms with Crippen molar-refractivity contribution < 1.29 is 0 Å². The van der Waals surface area contributed by atoms with Crippen LogP contribution in [0.3, 0.4) is 0 Å². The molecule has 2 fully saturated rings. The Morgan fingerprint density at radius 2 is 0.716 bits per heavy atom. The zero-order chi connectivity index (χ0) is 48.7. The van der Waals surface area contributed by atoms with Crippen LogP contribution in [-0.4, -0.2) is 0 Å². The van der Waals surface area contributed by atoms with Gasteiger partial charge in [0.2, 0.25) is 0 Å². The summed E-state index contributed by atoms with van der Waals surface area (Å²) in [7, 11) is 0. The molecule has 2 unspecified atom stereocenters. The molecule has 5 aliphatic rings. The first-order chi connectivity index (χ1) is 36.7. The van der Waals surface area contributed by atoms with E-state index in [4.69, 9.17) is 0 Å². The van der Waals surface area contributed by atoms with Crippen molar-refractivity contribution in [2.45, 2.75) is 43.9 Å². The van der Waals surface area contributed by atoms with Gasteiger partial charge in [-0.2, -0.15) is 0 Å². The van der Waals surface area contributed by atoms with Crippen molar-refractivity contribution in [3.05, 3.63) is 260 Å². The molecular weight excluding hydrogens is 891 g/mol. The predicted molar refractivity (Wildman–Crippen MR) is 311 cm³/mol. The standard InChI is InChI=1S/C73H55N/c1-2-17-49(18-3-1)52-21-12-22-53(46-52)50-37-39-56(40-38-50)74(69-35-15-30-59-55-44-47-41-48(45-55)43-54(42-47)58-24-6-9-27-63(58)72(59)69)70-36-16-34-68-67-33-14-32-65(60-31-13-20-51-19-4-5-23-57(51)60)71(67)64-28-10-7-25-61(64)62-26-8-11-29-66(62)73(68)70/h1-40,46-48,54-55H,41-45H2. The van der Waals surface area contributed by atoms with Gasteiger partial charge in [-0.1, -0.05) is 218 Å². The largest absolute Gasteiger partial charge is 0.309 e. The maximum atomic E-state index is 2.65. The summed E-state index contributed by atoms with van der Waals surface area (Å²) in [4.78, 5) is 2.65. The smallest absolute Gasteiger partial charge is 0.0546 e. The minimum absolute atomic E-state index is 0.523. The van der Waals surface area contributed by atoms with E-state index in [1.54, 1.807) is 0 Å². The van der Waals surface area contributed by atoms with Crippen LogP contribution >= 0.6 is 0 Å². The summed E-state index contributed by atoms with van der Waals surface area (Å²) in [5, 5.41) is 2.51. The zero-order valence-corrected chi connectivity index (χ0v) is 41.5. The summed E-state index contributed by atoms with van der Waals surface area (Å²) >= 11 is 0. The van der Waals surface area contributed by atoms with Crippen molar-refractivity contribution in [2.24, 2.45) is 11.8 Å². The summed E-state index contributed by atoms with van der Waals surface area (Å²) in [5.74, 6) is 2.65. The second-order valence-corrected chi connectivity index (χ2v) is 21.5. The lowest BCUT2D eigenvalue weighted by atomic mass is 9.63. The zero-order valence-electron chi connectivity index (χ0n) is 41.5. The minimum atomic E-state index is 0.523. The van der Waals surface area contributed by atoms with Crippen LogP contribution in [0, 0.1) is 11.8 Å². The van der Waals surface area contributed by atoms with Gasteiger partial charge in [-0.15, -0.1) is 0 Å². The normalized spacial score (nSPS) is 17.7. The average molecular weight is 946 g/mol. The van der Waals surface area contributed by atoms with Crippen molar-refractivity contribution in [3.63, 3.8) is 0 Å². The third-order valence-electron chi connectivity index (χ3n) is 17.4. The Morgan fingerprint density at radius 3 is 1.45 bits per heavy atom. The Bertz CT molecular complexity index is 3950. The number of hydrogen-bond donors (Lipinski definition) is 0. The molecule has 1 nitrogen and oxygen atoms in total. The molecule has 0 N–H and O–H groups in total. The molecule has 2 saturated carbocycles. The molecule has 0 aromatic heterocycles. The van der Waals surface area contributed by atoms with Gasteiger partial charge in [0.25, 0.3) is 0 Å². The lowest BCUT2D eigenvalue weighted by molar-refractivity contribution is 0.153. The molecule has 0 spiro atoms. The molecule has 4 bridgehead atoms. The van der Waals surface area contributed by atoms with Crippen molar-refractivity contribution in [2.75, 3.05) is 4.90 Å². The van der Waals surface area contributed by atoms with Crippen LogP contribution in [0.25, 0.3) is 99.8 Å². The molecular formula is C73H55N. The van der Waals surface area contributed by atoms with Gasteiger partial charge in [-0.3, -0.25) is 0 Å². The summed E-state index contributed by atoms with van der Waals surface area (Å²) in [5.41, 5.74) is 26.7. The van der Waals surface area contributed by atoms with E-state index in [1.165, 1.54) is 154 Å². The topological polar surface area (TPSA) is 3.24 Å². The lowest BCUT2D eigenvalue weighted by Crippen LogP contribution is -2.29. The summed E-state index contributed by atoms with van der Waals surface area (Å²) < 4.78 is 0. The maximum Gasteiger partial charge on any atom is 0.0546 e. The van der Waals surface area contributed by atoms with E-state index in [0.717, 1.165) is 17.5 Å². The van der Waals surface area contributed by atoms with Crippen LogP contribution in [0.5, 0.6) is 0 Å². The van der Waals surface area contributed by atoms with Gasteiger partial charge in [-0.25, -0.2) is 0 Å². The maximum absolute atomic E-state index is 2.65. The fraction of sp³-hybridized carbons (Fsp3) is 0.123. The van der Waals surface area contributed by atoms with Crippen LogP contribution in [0.15, 0.2) is 249 Å². The molecule has 352 valence electrons. The Hall–Kier alpha value is -8.52. The van der Waals surface area contributed by atoms with Crippen molar-refractivity contribution in [1.82, 2.24) is 0 Å². The van der Waals surface area contributed by atoms with Crippen LogP contribution in [0.1, 0.15) is 55.1 Å². The number of hydrogen-bond acceptors (Lipinski definition) is 1. The molecule has 0 heterocycles. The highest BCUT2D eigenvalue weighted by Crippen LogP contribution is 2.60. The Labute approximate surface area is 435 Å². The van der Waals surface area contributed by atoms with Crippen LogP contribution in [0.2, 0.25) is 0 Å². The molecule has 74 heavy (non-hydrogen) atoms. The highest BCUT2D eigenvalue weighted by Gasteiger charge is 2.41. The van der Waals surface area contributed by atoms with Crippen molar-refractivity contribution >= 4 is 27.8 Å². The monoisotopic (exact) mass is 945 g/mol. The van der Waals surface area contributed by atoms with Crippen molar-refractivity contribution in [3.8, 4) is 89.0 Å². The van der Waals surface area contributed by atoms with E-state index >= 15 is 0 Å². The fourth-order valence-corrected chi connectivity index (χ4v) is 14.4. The molecule has 5 aliphatic carbocycles. The lowest BCUT2D eigenvalue weighted by Gasteiger charge is -2.42. The molecule has 2 atom stereocenters. The van der Waals surface area contributed by atoms with Gasteiger partial charge < -0.3 is 4.90 Å². The number of nitrogens with zero attached hydrogens (tertiary/aromatic N) is 1. The summed E-state index contributed by atoms with van der Waals surface area (Å²) in [6, 6.07) is 94.1. The number of fused-ring (bicyclic) bond motifs is 9. The molecule has 0 amide bonds. The van der Waals surface area contributed by atoms with E-state index in [9.17, 15) is 0 Å². The summed E-state index contributed by atoms with van der Waals surface area (Å²) in [6.45, 7) is 0. The molecule has 1 heteroatoms. The third kappa shape index (κ3) is 7.05. The molecule has 0 saturated heterocycles. The van der Waals surface area contributed by atoms with Gasteiger partial charge in [0.1, 0.15) is 0 Å². The SMILES string of the molecule is c1ccc(-c2cccc(-c3ccc(N(c4cccc5c4-c4ccccc4-c4ccccc4-c4c-5cccc4-c4cccc5ccccc45)c4cccc5c4-c4ccccc4C4CC6CC(C4)CC5C6)cc3)c2)cc1. The van der Waals surface area contributed by atoms with E-state index in [-0.39, 0.29) is 0 Å². The molecule has 16 rings (SSSR count). The highest BCUT2D eigenvalue weighted by atomic mass is 15.1. The van der Waals surface area contributed by atoms with Gasteiger partial charge in [0, 0.05) is 16.8 Å². The fourth-order valence-electron chi connectivity index (χ4n) is 14.4. The van der Waals surface area contributed by atoms with E-state index < -0.39 is 0 Å². The quantitative estimate of drug-likeness (QED) is 0.161. The number of rotatable bonds is 6. The first-order valence-electron chi connectivity index (χ1n) is 26.9. The Morgan fingerprint density at radius 1 is 0.270 bits per heavy atom.